The number of carbonyl (C=O) groups excluding carboxylic acids is 3. The molecule has 16 heavy (non-hydrogen) atoms. The van der Waals surface area contributed by atoms with Crippen LogP contribution < -0.4 is 0 Å². The van der Waals surface area contributed by atoms with Crippen molar-refractivity contribution < 1.29 is 27.7 Å². The van der Waals surface area contributed by atoms with E-state index < -0.39 is 26.7 Å². The Morgan fingerprint density at radius 3 is 1.19 bits per heavy atom. The molecule has 0 radical (unpaired) electrons. The van der Waals surface area contributed by atoms with Crippen molar-refractivity contribution in [3.63, 3.8) is 0 Å². The molecule has 0 N–H and O–H groups in total. The van der Waals surface area contributed by atoms with Gasteiger partial charge >= 0.3 is 8.80 Å². The zero-order chi connectivity index (χ0) is 12.9. The molecular weight excluding hydrogens is 232 g/mol. The number of carbonyl (C=O) groups is 3. The normalized spacial score (nSPS) is 10.9. The van der Waals surface area contributed by atoms with E-state index in [0.717, 1.165) is 20.8 Å². The summed E-state index contributed by atoms with van der Waals surface area (Å²) in [5.41, 5.74) is -0.385. The molecule has 0 aliphatic rings. The van der Waals surface area contributed by atoms with Crippen LogP contribution in [-0.4, -0.2) is 26.7 Å². The zero-order valence-corrected chi connectivity index (χ0v) is 11.0. The Hall–Kier alpha value is -1.37. The monoisotopic (exact) mass is 248 g/mol. The Kier molecular flexibility index (Phi) is 5.16. The second kappa shape index (κ2) is 5.64. The maximum absolute atomic E-state index is 11.0. The Labute approximate surface area is 95.2 Å². The first kappa shape index (κ1) is 14.6. The first-order valence-corrected chi connectivity index (χ1v) is 6.58. The lowest BCUT2D eigenvalue weighted by atomic mass is 10.6. The molecule has 0 unspecified atom stereocenters. The minimum absolute atomic E-state index is 0.385. The molecule has 0 atom stereocenters. The van der Waals surface area contributed by atoms with Crippen LogP contribution >= 0.6 is 0 Å². The van der Waals surface area contributed by atoms with E-state index in [1.165, 1.54) is 0 Å². The highest BCUT2D eigenvalue weighted by atomic mass is 28.4. The molecule has 0 aromatic rings. The maximum Gasteiger partial charge on any atom is 0.707 e. The van der Waals surface area contributed by atoms with Crippen LogP contribution in [0.2, 0.25) is 5.54 Å². The van der Waals surface area contributed by atoms with Gasteiger partial charge in [-0.1, -0.05) is 13.8 Å². The lowest BCUT2D eigenvalue weighted by molar-refractivity contribution is -0.148. The van der Waals surface area contributed by atoms with Crippen molar-refractivity contribution in [3.8, 4) is 0 Å². The van der Waals surface area contributed by atoms with Crippen LogP contribution in [0.4, 0.5) is 0 Å². The molecule has 6 nitrogen and oxygen atoms in total. The SMILES string of the molecule is CC(=O)O[Si](OC(C)=O)(OC(C)=O)C(C)C. The third kappa shape index (κ3) is 4.43. The Balaban J connectivity index is 5.10. The highest BCUT2D eigenvalue weighted by Gasteiger charge is 2.55. The van der Waals surface area contributed by atoms with Crippen LogP contribution in [0.1, 0.15) is 34.6 Å². The fourth-order valence-electron chi connectivity index (χ4n) is 1.02. The molecule has 0 aliphatic carbocycles. The van der Waals surface area contributed by atoms with Gasteiger partial charge in [-0.2, -0.15) is 0 Å². The summed E-state index contributed by atoms with van der Waals surface area (Å²) in [6.45, 7) is 6.80. The van der Waals surface area contributed by atoms with Gasteiger partial charge in [0.2, 0.25) is 0 Å². The van der Waals surface area contributed by atoms with Crippen LogP contribution in [0.15, 0.2) is 0 Å². The first-order valence-electron chi connectivity index (χ1n) is 4.78. The number of rotatable bonds is 4. The lowest BCUT2D eigenvalue weighted by Gasteiger charge is -2.28. The topological polar surface area (TPSA) is 78.9 Å². The fourth-order valence-corrected chi connectivity index (χ4v) is 3.05. The smallest absolute Gasteiger partial charge is 0.455 e. The quantitative estimate of drug-likeness (QED) is 0.691. The molecule has 0 heterocycles. The van der Waals surface area contributed by atoms with Crippen molar-refractivity contribution in [2.45, 2.75) is 40.2 Å². The van der Waals surface area contributed by atoms with Crippen molar-refractivity contribution in [2.24, 2.45) is 0 Å². The van der Waals surface area contributed by atoms with Gasteiger partial charge in [0.05, 0.1) is 5.54 Å². The minimum Gasteiger partial charge on any atom is -0.455 e. The average Bonchev–Trinajstić information content (AvgIpc) is 1.98. The molecule has 0 aliphatic heterocycles. The summed E-state index contributed by atoms with van der Waals surface area (Å²) in [5, 5.41) is 0. The van der Waals surface area contributed by atoms with Crippen LogP contribution in [0.25, 0.3) is 0 Å². The van der Waals surface area contributed by atoms with Gasteiger partial charge in [0, 0.05) is 20.8 Å². The van der Waals surface area contributed by atoms with E-state index in [2.05, 4.69) is 0 Å². The van der Waals surface area contributed by atoms with Crippen molar-refractivity contribution in [2.75, 3.05) is 0 Å². The van der Waals surface area contributed by atoms with Crippen LogP contribution in [0, 0.1) is 0 Å². The van der Waals surface area contributed by atoms with E-state index in [1.807, 2.05) is 0 Å². The fraction of sp³-hybridized carbons (Fsp3) is 0.667. The molecule has 0 aromatic heterocycles. The number of hydrogen-bond acceptors (Lipinski definition) is 6. The van der Waals surface area contributed by atoms with Crippen LogP contribution in [0.5, 0.6) is 0 Å². The molecule has 7 heteroatoms. The van der Waals surface area contributed by atoms with Gasteiger partial charge in [-0.15, -0.1) is 0 Å². The number of hydrogen-bond donors (Lipinski definition) is 0. The second-order valence-corrected chi connectivity index (χ2v) is 6.51. The summed E-state index contributed by atoms with van der Waals surface area (Å²) in [6, 6.07) is 0. The Bertz CT molecular complexity index is 258. The van der Waals surface area contributed by atoms with Crippen molar-refractivity contribution >= 4 is 26.7 Å². The van der Waals surface area contributed by atoms with Gasteiger partial charge in [0.25, 0.3) is 17.9 Å². The standard InChI is InChI=1S/C9H16O6Si/c1-6(2)16(13-7(3)10,14-8(4)11)15-9(5)12/h6H,1-5H3. The molecule has 0 saturated heterocycles. The van der Waals surface area contributed by atoms with Crippen LogP contribution in [-0.2, 0) is 27.7 Å². The molecule has 0 aromatic carbocycles. The van der Waals surface area contributed by atoms with E-state index in [-0.39, 0.29) is 5.54 Å². The predicted molar refractivity (Wildman–Crippen MR) is 56.2 cm³/mol. The summed E-state index contributed by atoms with van der Waals surface area (Å²) in [7, 11) is -3.61. The summed E-state index contributed by atoms with van der Waals surface area (Å²) in [4.78, 5) is 32.9. The van der Waals surface area contributed by atoms with E-state index in [0.29, 0.717) is 0 Å². The Morgan fingerprint density at radius 1 is 0.812 bits per heavy atom. The Morgan fingerprint density at radius 2 is 1.06 bits per heavy atom. The summed E-state index contributed by atoms with van der Waals surface area (Å²) < 4.78 is 14.8. The van der Waals surface area contributed by atoms with Gasteiger partial charge in [-0.05, 0) is 0 Å². The van der Waals surface area contributed by atoms with E-state index >= 15 is 0 Å². The van der Waals surface area contributed by atoms with Gasteiger partial charge in [0.15, 0.2) is 0 Å². The van der Waals surface area contributed by atoms with Gasteiger partial charge in [-0.25, -0.2) is 0 Å². The molecule has 0 bridgehead atoms. The third-order valence-corrected chi connectivity index (χ3v) is 4.70. The molecular formula is C9H16O6Si. The summed E-state index contributed by atoms with van der Waals surface area (Å²) in [6.07, 6.45) is 0. The lowest BCUT2D eigenvalue weighted by Crippen LogP contribution is -2.51. The molecule has 0 saturated carbocycles. The van der Waals surface area contributed by atoms with Gasteiger partial charge < -0.3 is 13.3 Å². The molecule has 0 rings (SSSR count). The molecule has 0 amide bonds. The van der Waals surface area contributed by atoms with Gasteiger partial charge in [0.1, 0.15) is 0 Å². The highest BCUT2D eigenvalue weighted by molar-refractivity contribution is 6.66. The molecule has 0 fully saturated rings. The van der Waals surface area contributed by atoms with E-state index in [1.54, 1.807) is 13.8 Å². The average molecular weight is 248 g/mol. The minimum atomic E-state index is -3.61. The predicted octanol–water partition coefficient (Wildman–Crippen LogP) is 1.02. The van der Waals surface area contributed by atoms with E-state index in [9.17, 15) is 14.4 Å². The summed E-state index contributed by atoms with van der Waals surface area (Å²) in [5.74, 6) is -1.95. The largest absolute Gasteiger partial charge is 0.707 e. The molecule has 0 spiro atoms. The maximum atomic E-state index is 11.0. The zero-order valence-electron chi connectivity index (χ0n) is 10.0. The molecule has 92 valence electrons. The van der Waals surface area contributed by atoms with Crippen LogP contribution in [0.3, 0.4) is 0 Å². The second-order valence-electron chi connectivity index (χ2n) is 3.54. The summed E-state index contributed by atoms with van der Waals surface area (Å²) >= 11 is 0. The van der Waals surface area contributed by atoms with Crippen molar-refractivity contribution in [1.29, 1.82) is 0 Å². The van der Waals surface area contributed by atoms with Gasteiger partial charge in [-0.3, -0.25) is 14.4 Å². The van der Waals surface area contributed by atoms with Crippen molar-refractivity contribution in [1.82, 2.24) is 0 Å². The van der Waals surface area contributed by atoms with Crippen molar-refractivity contribution in [3.05, 3.63) is 0 Å². The first-order chi connectivity index (χ1) is 7.19. The van der Waals surface area contributed by atoms with E-state index in [4.69, 9.17) is 13.3 Å². The third-order valence-electron chi connectivity index (χ3n) is 1.57. The highest BCUT2D eigenvalue weighted by Crippen LogP contribution is 2.25.